The van der Waals surface area contributed by atoms with E-state index in [9.17, 15) is 0 Å². The molecule has 0 spiro atoms. The molecule has 1 aromatic carbocycles. The first-order valence-electron chi connectivity index (χ1n) is 7.77. The summed E-state index contributed by atoms with van der Waals surface area (Å²) in [6, 6.07) is 6.20. The predicted molar refractivity (Wildman–Crippen MR) is 91.3 cm³/mol. The molecule has 0 bridgehead atoms. The Labute approximate surface area is 141 Å². The monoisotopic (exact) mass is 374 g/mol. The van der Waals surface area contributed by atoms with Crippen molar-refractivity contribution in [3.8, 4) is 5.75 Å². The molecule has 1 saturated carbocycles. The molecule has 0 aliphatic heterocycles. The minimum atomic E-state index is 0.104. The van der Waals surface area contributed by atoms with Crippen LogP contribution in [0.1, 0.15) is 49.5 Å². The van der Waals surface area contributed by atoms with Gasteiger partial charge in [0.05, 0.1) is 16.5 Å². The summed E-state index contributed by atoms with van der Waals surface area (Å²) in [5.74, 6) is 1.45. The molecule has 2 rings (SSSR count). The highest BCUT2D eigenvalue weighted by molar-refractivity contribution is 9.10. The standard InChI is InChI=1S/C17H24BrClO2/c1-20-10-11-21-16-9-8-14(12-15(16)18)17(19)13-6-4-2-3-5-7-13/h8-9,12-13,17H,2-7,10-11H2,1H3. The van der Waals surface area contributed by atoms with E-state index < -0.39 is 0 Å². The van der Waals surface area contributed by atoms with Crippen molar-refractivity contribution in [2.45, 2.75) is 43.9 Å². The van der Waals surface area contributed by atoms with Crippen LogP contribution in [0, 0.1) is 5.92 Å². The van der Waals surface area contributed by atoms with E-state index in [1.165, 1.54) is 44.1 Å². The van der Waals surface area contributed by atoms with E-state index in [4.69, 9.17) is 21.1 Å². The second-order valence-electron chi connectivity index (χ2n) is 5.68. The molecule has 1 atom stereocenters. The first-order chi connectivity index (χ1) is 10.2. The predicted octanol–water partition coefficient (Wildman–Crippen LogP) is 5.72. The van der Waals surface area contributed by atoms with E-state index in [2.05, 4.69) is 28.1 Å². The minimum absolute atomic E-state index is 0.104. The first kappa shape index (κ1) is 17.1. The van der Waals surface area contributed by atoms with Crippen molar-refractivity contribution in [2.24, 2.45) is 5.92 Å². The average Bonchev–Trinajstić information content (AvgIpc) is 2.77. The molecule has 0 N–H and O–H groups in total. The molecular formula is C17H24BrClO2. The fraction of sp³-hybridized carbons (Fsp3) is 0.647. The molecule has 0 saturated heterocycles. The third-order valence-corrected chi connectivity index (χ3v) is 5.36. The maximum absolute atomic E-state index is 6.73. The molecule has 1 aliphatic rings. The number of halogens is 2. The molecule has 0 radical (unpaired) electrons. The van der Waals surface area contributed by atoms with Gasteiger partial charge in [0, 0.05) is 7.11 Å². The van der Waals surface area contributed by atoms with Gasteiger partial charge in [-0.15, -0.1) is 11.6 Å². The third-order valence-electron chi connectivity index (χ3n) is 4.13. The highest BCUT2D eigenvalue weighted by Crippen LogP contribution is 2.40. The van der Waals surface area contributed by atoms with Crippen LogP contribution >= 0.6 is 27.5 Å². The van der Waals surface area contributed by atoms with Gasteiger partial charge in [-0.3, -0.25) is 0 Å². The second-order valence-corrected chi connectivity index (χ2v) is 7.01. The Morgan fingerprint density at radius 2 is 1.90 bits per heavy atom. The van der Waals surface area contributed by atoms with Crippen molar-refractivity contribution < 1.29 is 9.47 Å². The van der Waals surface area contributed by atoms with Crippen LogP contribution < -0.4 is 4.74 Å². The molecule has 118 valence electrons. The molecular weight excluding hydrogens is 352 g/mol. The summed E-state index contributed by atoms with van der Waals surface area (Å²) in [5.41, 5.74) is 1.19. The molecule has 0 amide bonds. The molecule has 1 fully saturated rings. The maximum Gasteiger partial charge on any atom is 0.133 e. The Hall–Kier alpha value is -0.250. The topological polar surface area (TPSA) is 18.5 Å². The largest absolute Gasteiger partial charge is 0.490 e. The number of rotatable bonds is 6. The van der Waals surface area contributed by atoms with Crippen molar-refractivity contribution in [1.29, 1.82) is 0 Å². The zero-order valence-electron chi connectivity index (χ0n) is 12.6. The Balaban J connectivity index is 2.00. The van der Waals surface area contributed by atoms with E-state index >= 15 is 0 Å². The quantitative estimate of drug-likeness (QED) is 0.359. The number of alkyl halides is 1. The smallest absolute Gasteiger partial charge is 0.133 e. The van der Waals surface area contributed by atoms with Crippen LogP contribution in [0.25, 0.3) is 0 Å². The molecule has 1 aromatic rings. The van der Waals surface area contributed by atoms with E-state index in [0.29, 0.717) is 19.1 Å². The lowest BCUT2D eigenvalue weighted by atomic mass is 9.92. The van der Waals surface area contributed by atoms with Crippen LogP contribution in [0.15, 0.2) is 22.7 Å². The number of benzene rings is 1. The van der Waals surface area contributed by atoms with Crippen molar-refractivity contribution in [3.63, 3.8) is 0 Å². The summed E-state index contributed by atoms with van der Waals surface area (Å²) in [6.07, 6.45) is 7.84. The molecule has 0 heterocycles. The maximum atomic E-state index is 6.73. The van der Waals surface area contributed by atoms with Crippen LogP contribution in [0.5, 0.6) is 5.75 Å². The zero-order chi connectivity index (χ0) is 15.1. The SMILES string of the molecule is COCCOc1ccc(C(Cl)C2CCCCCC2)cc1Br. The Kier molecular flexibility index (Phi) is 7.35. The molecule has 1 unspecified atom stereocenters. The van der Waals surface area contributed by atoms with Gasteiger partial charge < -0.3 is 9.47 Å². The molecule has 2 nitrogen and oxygen atoms in total. The fourth-order valence-electron chi connectivity index (χ4n) is 2.92. The summed E-state index contributed by atoms with van der Waals surface area (Å²) in [4.78, 5) is 0. The number of methoxy groups -OCH3 is 1. The van der Waals surface area contributed by atoms with Gasteiger partial charge in [-0.2, -0.15) is 0 Å². The van der Waals surface area contributed by atoms with Gasteiger partial charge in [-0.1, -0.05) is 31.7 Å². The van der Waals surface area contributed by atoms with Gasteiger partial charge in [0.25, 0.3) is 0 Å². The minimum Gasteiger partial charge on any atom is -0.490 e. The Bertz CT molecular complexity index is 431. The summed E-state index contributed by atoms with van der Waals surface area (Å²) >= 11 is 10.3. The van der Waals surface area contributed by atoms with Crippen LogP contribution in [0.4, 0.5) is 0 Å². The number of ether oxygens (including phenoxy) is 2. The zero-order valence-corrected chi connectivity index (χ0v) is 15.0. The summed E-state index contributed by atoms with van der Waals surface area (Å²) < 4.78 is 11.6. The van der Waals surface area contributed by atoms with Crippen molar-refractivity contribution in [3.05, 3.63) is 28.2 Å². The van der Waals surface area contributed by atoms with Gasteiger partial charge in [0.15, 0.2) is 0 Å². The average molecular weight is 376 g/mol. The van der Waals surface area contributed by atoms with Crippen LogP contribution in [0.3, 0.4) is 0 Å². The molecule has 21 heavy (non-hydrogen) atoms. The Morgan fingerprint density at radius 1 is 1.19 bits per heavy atom. The Morgan fingerprint density at radius 3 is 2.52 bits per heavy atom. The van der Waals surface area contributed by atoms with Crippen molar-refractivity contribution >= 4 is 27.5 Å². The van der Waals surface area contributed by atoms with E-state index in [-0.39, 0.29) is 5.38 Å². The molecule has 4 heteroatoms. The third kappa shape index (κ3) is 5.15. The van der Waals surface area contributed by atoms with Gasteiger partial charge in [-0.05, 0) is 52.4 Å². The number of hydrogen-bond acceptors (Lipinski definition) is 2. The van der Waals surface area contributed by atoms with Crippen molar-refractivity contribution in [1.82, 2.24) is 0 Å². The summed E-state index contributed by atoms with van der Waals surface area (Å²) in [7, 11) is 1.67. The molecule has 0 aromatic heterocycles. The number of hydrogen-bond donors (Lipinski definition) is 0. The second kappa shape index (κ2) is 9.02. The normalized spacial score (nSPS) is 18.2. The summed E-state index contributed by atoms with van der Waals surface area (Å²) in [5, 5.41) is 0.104. The van der Waals surface area contributed by atoms with Gasteiger partial charge >= 0.3 is 0 Å². The highest BCUT2D eigenvalue weighted by Gasteiger charge is 2.22. The lowest BCUT2D eigenvalue weighted by molar-refractivity contribution is 0.146. The highest BCUT2D eigenvalue weighted by atomic mass is 79.9. The molecule has 1 aliphatic carbocycles. The van der Waals surface area contributed by atoms with Gasteiger partial charge in [-0.25, -0.2) is 0 Å². The van der Waals surface area contributed by atoms with Gasteiger partial charge in [0.1, 0.15) is 12.4 Å². The lowest BCUT2D eigenvalue weighted by Gasteiger charge is -2.21. The van der Waals surface area contributed by atoms with E-state index in [1.807, 2.05) is 6.07 Å². The lowest BCUT2D eigenvalue weighted by Crippen LogP contribution is -2.08. The van der Waals surface area contributed by atoms with E-state index in [1.54, 1.807) is 7.11 Å². The van der Waals surface area contributed by atoms with Crippen LogP contribution in [-0.4, -0.2) is 20.3 Å². The summed E-state index contributed by atoms with van der Waals surface area (Å²) in [6.45, 7) is 1.15. The van der Waals surface area contributed by atoms with Crippen LogP contribution in [0.2, 0.25) is 0 Å². The first-order valence-corrected chi connectivity index (χ1v) is 9.00. The van der Waals surface area contributed by atoms with Crippen LogP contribution in [-0.2, 0) is 4.74 Å². The van der Waals surface area contributed by atoms with Gasteiger partial charge in [0.2, 0.25) is 0 Å². The fourth-order valence-corrected chi connectivity index (χ4v) is 3.82. The van der Waals surface area contributed by atoms with Crippen molar-refractivity contribution in [2.75, 3.05) is 20.3 Å². The van der Waals surface area contributed by atoms with E-state index in [0.717, 1.165) is 10.2 Å².